The van der Waals surface area contributed by atoms with Crippen LogP contribution in [0.4, 0.5) is 5.69 Å². The van der Waals surface area contributed by atoms with E-state index >= 15 is 0 Å². The zero-order chi connectivity index (χ0) is 14.1. The van der Waals surface area contributed by atoms with Gasteiger partial charge in [-0.1, -0.05) is 0 Å². The quantitative estimate of drug-likeness (QED) is 0.816. The molecule has 0 atom stereocenters. The van der Waals surface area contributed by atoms with E-state index in [-0.39, 0.29) is 16.7 Å². The van der Waals surface area contributed by atoms with Crippen molar-refractivity contribution >= 4 is 25.7 Å². The summed E-state index contributed by atoms with van der Waals surface area (Å²) in [7, 11) is -6.84. The normalized spacial score (nSPS) is 16.3. The first-order valence-corrected chi connectivity index (χ1v) is 9.09. The van der Waals surface area contributed by atoms with Gasteiger partial charge in [-0.3, -0.25) is 4.72 Å². The van der Waals surface area contributed by atoms with Crippen LogP contribution in [0.5, 0.6) is 0 Å². The molecule has 2 rings (SSSR count). The standard InChI is InChI=1S/C11H16N2O4S2/c1-2-18(14,15)12-9-5-7-11(8-6-9)19(16,17)13-10-3-4-10/h5-8,10,12-13H,2-4H2,1H3. The van der Waals surface area contributed by atoms with Crippen LogP contribution in [0.25, 0.3) is 0 Å². The lowest BCUT2D eigenvalue weighted by molar-refractivity contribution is 0.581. The number of sulfonamides is 2. The van der Waals surface area contributed by atoms with Crippen LogP contribution in [0, 0.1) is 0 Å². The fourth-order valence-electron chi connectivity index (χ4n) is 1.44. The maximum atomic E-state index is 11.9. The number of nitrogens with one attached hydrogen (secondary N) is 2. The van der Waals surface area contributed by atoms with Gasteiger partial charge in [0, 0.05) is 11.7 Å². The Balaban J connectivity index is 2.14. The van der Waals surface area contributed by atoms with Crippen molar-refractivity contribution in [2.24, 2.45) is 0 Å². The number of benzene rings is 1. The fraction of sp³-hybridized carbons (Fsp3) is 0.455. The van der Waals surface area contributed by atoms with Gasteiger partial charge in [-0.05, 0) is 44.0 Å². The first-order chi connectivity index (χ1) is 8.82. The van der Waals surface area contributed by atoms with E-state index in [4.69, 9.17) is 0 Å². The van der Waals surface area contributed by atoms with E-state index in [1.54, 1.807) is 0 Å². The minimum Gasteiger partial charge on any atom is -0.284 e. The highest BCUT2D eigenvalue weighted by atomic mass is 32.2. The molecule has 0 aromatic heterocycles. The van der Waals surface area contributed by atoms with Crippen molar-refractivity contribution in [1.29, 1.82) is 0 Å². The summed E-state index contributed by atoms with van der Waals surface area (Å²) in [5, 5.41) is 0. The fourth-order valence-corrected chi connectivity index (χ4v) is 3.39. The van der Waals surface area contributed by atoms with Crippen LogP contribution in [0.2, 0.25) is 0 Å². The van der Waals surface area contributed by atoms with Crippen LogP contribution in [0.1, 0.15) is 19.8 Å². The van der Waals surface area contributed by atoms with Gasteiger partial charge in [-0.25, -0.2) is 21.6 Å². The van der Waals surface area contributed by atoms with Crippen LogP contribution < -0.4 is 9.44 Å². The Morgan fingerprint density at radius 2 is 1.68 bits per heavy atom. The Kier molecular flexibility index (Phi) is 3.84. The molecule has 0 aliphatic heterocycles. The molecule has 1 fully saturated rings. The second kappa shape index (κ2) is 5.10. The molecule has 0 bridgehead atoms. The predicted octanol–water partition coefficient (Wildman–Crippen LogP) is 0.889. The van der Waals surface area contributed by atoms with Gasteiger partial charge >= 0.3 is 0 Å². The topological polar surface area (TPSA) is 92.3 Å². The Morgan fingerprint density at radius 3 is 2.16 bits per heavy atom. The lowest BCUT2D eigenvalue weighted by Crippen LogP contribution is -2.25. The lowest BCUT2D eigenvalue weighted by atomic mass is 10.3. The van der Waals surface area contributed by atoms with Gasteiger partial charge in [0.2, 0.25) is 20.0 Å². The van der Waals surface area contributed by atoms with Crippen molar-refractivity contribution in [1.82, 2.24) is 4.72 Å². The molecule has 1 aromatic rings. The second-order valence-electron chi connectivity index (χ2n) is 4.43. The molecule has 1 saturated carbocycles. The van der Waals surface area contributed by atoms with Crippen LogP contribution in [-0.4, -0.2) is 28.6 Å². The maximum absolute atomic E-state index is 11.9. The third kappa shape index (κ3) is 3.92. The highest BCUT2D eigenvalue weighted by Crippen LogP contribution is 2.22. The monoisotopic (exact) mass is 304 g/mol. The Hall–Kier alpha value is -1.12. The summed E-state index contributed by atoms with van der Waals surface area (Å²) in [6.07, 6.45) is 1.74. The van der Waals surface area contributed by atoms with Crippen molar-refractivity contribution in [3.8, 4) is 0 Å². The molecular formula is C11H16N2O4S2. The van der Waals surface area contributed by atoms with Gasteiger partial charge in [-0.2, -0.15) is 0 Å². The summed E-state index contributed by atoms with van der Waals surface area (Å²) in [6, 6.07) is 5.70. The third-order valence-corrected chi connectivity index (χ3v) is 5.56. The highest BCUT2D eigenvalue weighted by molar-refractivity contribution is 7.92. The molecule has 1 aliphatic rings. The zero-order valence-corrected chi connectivity index (χ0v) is 12.1. The SMILES string of the molecule is CCS(=O)(=O)Nc1ccc(S(=O)(=O)NC2CC2)cc1. The third-order valence-electron chi connectivity index (χ3n) is 2.72. The number of rotatable bonds is 6. The average Bonchev–Trinajstić information content (AvgIpc) is 3.12. The van der Waals surface area contributed by atoms with Gasteiger partial charge in [0.15, 0.2) is 0 Å². The molecule has 0 amide bonds. The van der Waals surface area contributed by atoms with Gasteiger partial charge < -0.3 is 0 Å². The number of anilines is 1. The van der Waals surface area contributed by atoms with E-state index in [9.17, 15) is 16.8 Å². The minimum atomic E-state index is -3.49. The molecule has 1 aromatic carbocycles. The van der Waals surface area contributed by atoms with Crippen LogP contribution >= 0.6 is 0 Å². The molecule has 0 radical (unpaired) electrons. The van der Waals surface area contributed by atoms with E-state index in [0.717, 1.165) is 12.8 Å². The smallest absolute Gasteiger partial charge is 0.240 e. The van der Waals surface area contributed by atoms with Crippen LogP contribution in [-0.2, 0) is 20.0 Å². The van der Waals surface area contributed by atoms with E-state index in [1.165, 1.54) is 31.2 Å². The molecule has 1 aliphatic carbocycles. The summed E-state index contributed by atoms with van der Waals surface area (Å²) in [4.78, 5) is 0.138. The van der Waals surface area contributed by atoms with E-state index in [1.807, 2.05) is 0 Å². The largest absolute Gasteiger partial charge is 0.284 e. The van der Waals surface area contributed by atoms with Crippen molar-refractivity contribution in [2.75, 3.05) is 10.5 Å². The highest BCUT2D eigenvalue weighted by Gasteiger charge is 2.27. The lowest BCUT2D eigenvalue weighted by Gasteiger charge is -2.08. The van der Waals surface area contributed by atoms with Crippen molar-refractivity contribution in [2.45, 2.75) is 30.7 Å². The van der Waals surface area contributed by atoms with Crippen molar-refractivity contribution < 1.29 is 16.8 Å². The predicted molar refractivity (Wildman–Crippen MR) is 72.9 cm³/mol. The number of hydrogen-bond acceptors (Lipinski definition) is 4. The van der Waals surface area contributed by atoms with Crippen LogP contribution in [0.15, 0.2) is 29.2 Å². The van der Waals surface area contributed by atoms with E-state index < -0.39 is 20.0 Å². The second-order valence-corrected chi connectivity index (χ2v) is 8.15. The summed E-state index contributed by atoms with van der Waals surface area (Å²) >= 11 is 0. The first-order valence-electron chi connectivity index (χ1n) is 5.95. The van der Waals surface area contributed by atoms with E-state index in [0.29, 0.717) is 5.69 Å². The molecule has 0 unspecified atom stereocenters. The molecule has 0 heterocycles. The molecule has 6 nitrogen and oxygen atoms in total. The molecule has 0 spiro atoms. The van der Waals surface area contributed by atoms with Gasteiger partial charge in [-0.15, -0.1) is 0 Å². The molecule has 0 saturated heterocycles. The summed E-state index contributed by atoms with van der Waals surface area (Å²) in [5.41, 5.74) is 0.354. The Labute approximate surface area is 113 Å². The van der Waals surface area contributed by atoms with Gasteiger partial charge in [0.1, 0.15) is 0 Å². The van der Waals surface area contributed by atoms with Gasteiger partial charge in [0.25, 0.3) is 0 Å². The molecule has 106 valence electrons. The summed E-state index contributed by atoms with van der Waals surface area (Å²) in [5.74, 6) is -0.0315. The molecule has 19 heavy (non-hydrogen) atoms. The maximum Gasteiger partial charge on any atom is 0.240 e. The molecule has 8 heteroatoms. The number of hydrogen-bond donors (Lipinski definition) is 2. The van der Waals surface area contributed by atoms with Crippen molar-refractivity contribution in [3.63, 3.8) is 0 Å². The van der Waals surface area contributed by atoms with Crippen molar-refractivity contribution in [3.05, 3.63) is 24.3 Å². The summed E-state index contributed by atoms with van der Waals surface area (Å²) in [6.45, 7) is 1.53. The van der Waals surface area contributed by atoms with Crippen LogP contribution in [0.3, 0.4) is 0 Å². The van der Waals surface area contributed by atoms with E-state index in [2.05, 4.69) is 9.44 Å². The molecular weight excluding hydrogens is 288 g/mol. The average molecular weight is 304 g/mol. The Morgan fingerprint density at radius 1 is 1.11 bits per heavy atom. The summed E-state index contributed by atoms with van der Waals surface area (Å²) < 4.78 is 51.4. The molecule has 2 N–H and O–H groups in total. The minimum absolute atomic E-state index is 0.0315. The first kappa shape index (κ1) is 14.3. The zero-order valence-electron chi connectivity index (χ0n) is 10.5. The van der Waals surface area contributed by atoms with Gasteiger partial charge in [0.05, 0.1) is 10.6 Å². The Bertz CT molecular complexity index is 646.